The van der Waals surface area contributed by atoms with E-state index in [0.29, 0.717) is 0 Å². The Labute approximate surface area is 221 Å². The number of aromatic nitrogens is 2. The highest BCUT2D eigenvalue weighted by Gasteiger charge is 2.42. The van der Waals surface area contributed by atoms with Gasteiger partial charge in [-0.15, -0.1) is 11.3 Å². The number of oxime groups is 1. The van der Waals surface area contributed by atoms with Gasteiger partial charge >= 0.3 is 12.1 Å². The quantitative estimate of drug-likeness (QED) is 0.200. The van der Waals surface area contributed by atoms with Crippen molar-refractivity contribution in [3.63, 3.8) is 0 Å². The molecule has 0 aromatic carbocycles. The first-order valence-corrected chi connectivity index (χ1v) is 12.3. The third-order valence-electron chi connectivity index (χ3n) is 5.04. The molecule has 0 saturated carbocycles. The van der Waals surface area contributed by atoms with Gasteiger partial charge in [-0.2, -0.15) is 0 Å². The molecule has 15 heteroatoms. The molecule has 1 aliphatic heterocycles. The van der Waals surface area contributed by atoms with Gasteiger partial charge in [-0.1, -0.05) is 11.2 Å². The molecule has 2 aromatic heterocycles. The van der Waals surface area contributed by atoms with Gasteiger partial charge in [0.25, 0.3) is 11.5 Å². The topological polar surface area (TPSA) is 190 Å². The minimum absolute atomic E-state index is 0.0460. The highest BCUT2D eigenvalue weighted by atomic mass is 32.1. The monoisotopic (exact) mass is 548 g/mol. The number of anilines is 1. The van der Waals surface area contributed by atoms with E-state index in [1.165, 1.54) is 29.9 Å². The Kier molecular flexibility index (Phi) is 8.19. The summed E-state index contributed by atoms with van der Waals surface area (Å²) in [7, 11) is 0. The van der Waals surface area contributed by atoms with E-state index >= 15 is 0 Å². The lowest BCUT2D eigenvalue weighted by molar-refractivity contribution is -0.161. The molecule has 1 aliphatic rings. The molecule has 2 atom stereocenters. The fourth-order valence-electron chi connectivity index (χ4n) is 3.03. The number of nitrogens with zero attached hydrogens (tertiary/aromatic N) is 3. The summed E-state index contributed by atoms with van der Waals surface area (Å²) in [6.07, 6.45) is 0.782. The predicted molar refractivity (Wildman–Crippen MR) is 136 cm³/mol. The minimum atomic E-state index is -1.79. The summed E-state index contributed by atoms with van der Waals surface area (Å²) in [4.78, 5) is 70.2. The van der Waals surface area contributed by atoms with Gasteiger partial charge < -0.3 is 29.9 Å². The van der Waals surface area contributed by atoms with E-state index in [9.17, 15) is 29.1 Å². The summed E-state index contributed by atoms with van der Waals surface area (Å²) >= 11 is 0.959. The van der Waals surface area contributed by atoms with Crippen molar-refractivity contribution in [3.05, 3.63) is 45.8 Å². The third-order valence-corrected chi connectivity index (χ3v) is 5.80. The van der Waals surface area contributed by atoms with Gasteiger partial charge in [0.2, 0.25) is 11.5 Å². The standard InChI is InChI=1S/C23H28N6O8S/c1-22(2,3)36-21(35)27-20-25-13(11-38-20)16(28-37-23(4,5)19(33)34)18(32)26-15-12(24-17(15)31)10-29-9-7-6-8-14(29)30/h6-9,11-12,15H,10H2,1-5H3,(H,24,31)(H,26,32)(H,33,34)(H,25,27,35)/t12-,15+/m1/s1. The molecule has 0 unspecified atom stereocenters. The molecule has 0 aliphatic carbocycles. The number of β-lactam (4-membered cyclic amide) rings is 1. The number of thiazole rings is 1. The van der Waals surface area contributed by atoms with Crippen LogP contribution in [0.1, 0.15) is 40.3 Å². The van der Waals surface area contributed by atoms with E-state index < -0.39 is 52.9 Å². The van der Waals surface area contributed by atoms with Crippen LogP contribution in [0.4, 0.5) is 9.93 Å². The van der Waals surface area contributed by atoms with Crippen molar-refractivity contribution in [3.8, 4) is 0 Å². The molecule has 38 heavy (non-hydrogen) atoms. The molecule has 0 radical (unpaired) electrons. The second-order valence-corrected chi connectivity index (χ2v) is 10.6. The van der Waals surface area contributed by atoms with Crippen molar-refractivity contribution in [1.29, 1.82) is 0 Å². The van der Waals surface area contributed by atoms with Crippen molar-refractivity contribution in [2.75, 3.05) is 5.32 Å². The van der Waals surface area contributed by atoms with E-state index in [1.807, 2.05) is 0 Å². The molecule has 0 bridgehead atoms. The number of hydrogen-bond acceptors (Lipinski definition) is 10. The van der Waals surface area contributed by atoms with Gasteiger partial charge in [0.05, 0.1) is 6.04 Å². The number of carbonyl (C=O) groups excluding carboxylic acids is 3. The normalized spacial score (nSPS) is 17.6. The number of aliphatic carboxylic acids is 1. The molecule has 0 spiro atoms. The smallest absolute Gasteiger partial charge is 0.413 e. The number of carboxylic acid groups (broad SMARTS) is 1. The Morgan fingerprint density at radius 1 is 1.21 bits per heavy atom. The van der Waals surface area contributed by atoms with Crippen molar-refractivity contribution < 1.29 is 33.9 Å². The number of hydrogen-bond donors (Lipinski definition) is 4. The van der Waals surface area contributed by atoms with Crippen LogP contribution in [0.2, 0.25) is 0 Å². The van der Waals surface area contributed by atoms with E-state index in [0.717, 1.165) is 11.3 Å². The van der Waals surface area contributed by atoms with Crippen LogP contribution in [0.25, 0.3) is 0 Å². The van der Waals surface area contributed by atoms with Crippen LogP contribution in [0.15, 0.2) is 39.7 Å². The van der Waals surface area contributed by atoms with Crippen LogP contribution in [0, 0.1) is 0 Å². The van der Waals surface area contributed by atoms with E-state index in [1.54, 1.807) is 39.1 Å². The number of amides is 3. The molecule has 3 heterocycles. The Hall–Kier alpha value is -4.27. The lowest BCUT2D eigenvalue weighted by Gasteiger charge is -2.37. The maximum absolute atomic E-state index is 13.2. The number of nitrogens with one attached hydrogen (secondary N) is 3. The first-order chi connectivity index (χ1) is 17.7. The molecule has 3 amide bonds. The average molecular weight is 549 g/mol. The van der Waals surface area contributed by atoms with Gasteiger partial charge in [-0.3, -0.25) is 19.7 Å². The van der Waals surface area contributed by atoms with Crippen LogP contribution < -0.4 is 21.5 Å². The third kappa shape index (κ3) is 7.15. The Balaban J connectivity index is 1.81. The zero-order valence-corrected chi connectivity index (χ0v) is 22.1. The fourth-order valence-corrected chi connectivity index (χ4v) is 3.71. The van der Waals surface area contributed by atoms with Gasteiger partial charge in [0.15, 0.2) is 10.8 Å². The SMILES string of the molecule is CC(C)(C)OC(=O)Nc1nc(C(=NOC(C)(C)C(=O)O)C(=O)N[C@@H]2C(=O)N[C@@H]2Cn2ccccc2=O)cs1. The molecular weight excluding hydrogens is 520 g/mol. The molecule has 4 N–H and O–H groups in total. The number of ether oxygens (including phenoxy) is 1. The molecule has 14 nitrogen and oxygen atoms in total. The summed E-state index contributed by atoms with van der Waals surface area (Å²) in [5.41, 5.74) is -3.29. The van der Waals surface area contributed by atoms with E-state index in [-0.39, 0.29) is 22.9 Å². The minimum Gasteiger partial charge on any atom is -0.478 e. The Bertz CT molecular complexity index is 1330. The van der Waals surface area contributed by atoms with Crippen molar-refractivity contribution in [1.82, 2.24) is 20.2 Å². The molecule has 1 saturated heterocycles. The number of carboxylic acids is 1. The second-order valence-electron chi connectivity index (χ2n) is 9.77. The fraction of sp³-hybridized carbons (Fsp3) is 0.435. The summed E-state index contributed by atoms with van der Waals surface area (Å²) in [6.45, 7) is 7.64. The highest BCUT2D eigenvalue weighted by molar-refractivity contribution is 7.14. The molecular formula is C23H28N6O8S. The zero-order chi connectivity index (χ0) is 28.3. The van der Waals surface area contributed by atoms with E-state index in [4.69, 9.17) is 9.57 Å². The van der Waals surface area contributed by atoms with Crippen LogP contribution >= 0.6 is 11.3 Å². The van der Waals surface area contributed by atoms with Crippen LogP contribution in [0.3, 0.4) is 0 Å². The lowest BCUT2D eigenvalue weighted by atomic mass is 9.98. The number of rotatable bonds is 9. The van der Waals surface area contributed by atoms with Gasteiger partial charge in [-0.05, 0) is 40.7 Å². The molecule has 2 aromatic rings. The zero-order valence-electron chi connectivity index (χ0n) is 21.3. The van der Waals surface area contributed by atoms with Crippen molar-refractivity contribution >= 4 is 46.1 Å². The van der Waals surface area contributed by atoms with Crippen molar-refractivity contribution in [2.45, 2.75) is 64.4 Å². The maximum atomic E-state index is 13.2. The van der Waals surface area contributed by atoms with Crippen LogP contribution in [-0.2, 0) is 30.5 Å². The first kappa shape index (κ1) is 28.3. The predicted octanol–water partition coefficient (Wildman–Crippen LogP) is 0.919. The summed E-state index contributed by atoms with van der Waals surface area (Å²) in [5.74, 6) is -2.70. The lowest BCUT2D eigenvalue weighted by Crippen LogP contribution is -2.71. The van der Waals surface area contributed by atoms with Crippen LogP contribution in [0.5, 0.6) is 0 Å². The average Bonchev–Trinajstić information content (AvgIpc) is 3.25. The Morgan fingerprint density at radius 3 is 2.53 bits per heavy atom. The summed E-state index contributed by atoms with van der Waals surface area (Å²) in [6, 6.07) is 3.01. The van der Waals surface area contributed by atoms with Crippen LogP contribution in [-0.4, -0.2) is 67.5 Å². The highest BCUT2D eigenvalue weighted by Crippen LogP contribution is 2.20. The van der Waals surface area contributed by atoms with Gasteiger partial charge in [-0.25, -0.2) is 14.6 Å². The molecule has 204 valence electrons. The number of carbonyl (C=O) groups is 4. The maximum Gasteiger partial charge on any atom is 0.413 e. The van der Waals surface area contributed by atoms with Gasteiger partial charge in [0, 0.05) is 24.2 Å². The molecule has 3 rings (SSSR count). The first-order valence-electron chi connectivity index (χ1n) is 11.4. The summed E-state index contributed by atoms with van der Waals surface area (Å²) in [5, 5.41) is 22.1. The Morgan fingerprint density at radius 2 is 1.92 bits per heavy atom. The van der Waals surface area contributed by atoms with Crippen molar-refractivity contribution in [2.24, 2.45) is 5.16 Å². The largest absolute Gasteiger partial charge is 0.478 e. The number of pyridine rings is 1. The van der Waals surface area contributed by atoms with E-state index in [2.05, 4.69) is 26.1 Å². The second kappa shape index (κ2) is 11.0. The van der Waals surface area contributed by atoms with Gasteiger partial charge in [0.1, 0.15) is 17.3 Å². The summed E-state index contributed by atoms with van der Waals surface area (Å²) < 4.78 is 6.56. The molecule has 1 fully saturated rings.